The Labute approximate surface area is 116 Å². The quantitative estimate of drug-likeness (QED) is 0.787. The molecule has 0 fully saturated rings. The van der Waals surface area contributed by atoms with Gasteiger partial charge in [0.15, 0.2) is 0 Å². The molecule has 0 aromatic heterocycles. The smallest absolute Gasteiger partial charge is 0.0725 e. The number of fused-ring (bicyclic) bond motifs is 1. The SMILES string of the molecule is CC#CCCC(NCCC)c1ccc2c(c1)COC2. The van der Waals surface area contributed by atoms with Crippen molar-refractivity contribution >= 4 is 0 Å². The Bertz CT molecular complexity index is 470. The van der Waals surface area contributed by atoms with Crippen LogP contribution in [0.15, 0.2) is 18.2 Å². The van der Waals surface area contributed by atoms with Gasteiger partial charge in [0, 0.05) is 12.5 Å². The lowest BCUT2D eigenvalue weighted by atomic mass is 9.98. The van der Waals surface area contributed by atoms with Crippen LogP contribution in [-0.2, 0) is 18.0 Å². The van der Waals surface area contributed by atoms with E-state index in [4.69, 9.17) is 4.74 Å². The Balaban J connectivity index is 2.08. The molecule has 1 aliphatic heterocycles. The highest BCUT2D eigenvalue weighted by Gasteiger charge is 2.15. The summed E-state index contributed by atoms with van der Waals surface area (Å²) in [5.74, 6) is 6.14. The van der Waals surface area contributed by atoms with Crippen LogP contribution in [-0.4, -0.2) is 6.54 Å². The van der Waals surface area contributed by atoms with Crippen molar-refractivity contribution in [1.29, 1.82) is 0 Å². The molecule has 0 amide bonds. The summed E-state index contributed by atoms with van der Waals surface area (Å²) in [6, 6.07) is 7.16. The van der Waals surface area contributed by atoms with Crippen molar-refractivity contribution in [1.82, 2.24) is 5.32 Å². The highest BCUT2D eigenvalue weighted by Crippen LogP contribution is 2.26. The average Bonchev–Trinajstić information content (AvgIpc) is 2.90. The maximum absolute atomic E-state index is 5.49. The zero-order valence-corrected chi connectivity index (χ0v) is 12.0. The van der Waals surface area contributed by atoms with Crippen LogP contribution < -0.4 is 5.32 Å². The Hall–Kier alpha value is -1.30. The first-order valence-corrected chi connectivity index (χ1v) is 7.17. The fourth-order valence-electron chi connectivity index (χ4n) is 2.46. The van der Waals surface area contributed by atoms with E-state index in [0.29, 0.717) is 6.04 Å². The molecule has 0 saturated carbocycles. The van der Waals surface area contributed by atoms with Gasteiger partial charge in [0.05, 0.1) is 13.2 Å². The monoisotopic (exact) mass is 257 g/mol. The summed E-state index contributed by atoms with van der Waals surface area (Å²) >= 11 is 0. The van der Waals surface area contributed by atoms with Crippen LogP contribution >= 0.6 is 0 Å². The van der Waals surface area contributed by atoms with Crippen LogP contribution in [0.4, 0.5) is 0 Å². The van der Waals surface area contributed by atoms with Crippen molar-refractivity contribution in [3.63, 3.8) is 0 Å². The van der Waals surface area contributed by atoms with Gasteiger partial charge < -0.3 is 10.1 Å². The molecular formula is C17H23NO. The van der Waals surface area contributed by atoms with Crippen molar-refractivity contribution in [2.24, 2.45) is 0 Å². The van der Waals surface area contributed by atoms with Gasteiger partial charge in [-0.2, -0.15) is 0 Å². The largest absolute Gasteiger partial charge is 0.372 e. The molecule has 1 aromatic carbocycles. The Morgan fingerprint density at radius 3 is 2.95 bits per heavy atom. The van der Waals surface area contributed by atoms with Gasteiger partial charge in [-0.05, 0) is 43.0 Å². The molecule has 0 radical (unpaired) electrons. The minimum Gasteiger partial charge on any atom is -0.372 e. The predicted molar refractivity (Wildman–Crippen MR) is 78.7 cm³/mol. The summed E-state index contributed by atoms with van der Waals surface area (Å²) in [5.41, 5.74) is 4.06. The van der Waals surface area contributed by atoms with Gasteiger partial charge in [-0.15, -0.1) is 11.8 Å². The third kappa shape index (κ3) is 3.83. The predicted octanol–water partition coefficient (Wildman–Crippen LogP) is 3.56. The van der Waals surface area contributed by atoms with Crippen molar-refractivity contribution in [3.05, 3.63) is 34.9 Å². The van der Waals surface area contributed by atoms with E-state index in [0.717, 1.165) is 39.0 Å². The molecule has 1 unspecified atom stereocenters. The molecule has 1 N–H and O–H groups in total. The van der Waals surface area contributed by atoms with E-state index >= 15 is 0 Å². The maximum atomic E-state index is 5.49. The van der Waals surface area contributed by atoms with E-state index in [1.807, 2.05) is 6.92 Å². The lowest BCUT2D eigenvalue weighted by Crippen LogP contribution is -2.22. The highest BCUT2D eigenvalue weighted by molar-refractivity contribution is 5.34. The van der Waals surface area contributed by atoms with Gasteiger partial charge >= 0.3 is 0 Å². The van der Waals surface area contributed by atoms with Crippen LogP contribution in [0.2, 0.25) is 0 Å². The third-order valence-corrected chi connectivity index (χ3v) is 3.52. The van der Waals surface area contributed by atoms with Crippen molar-refractivity contribution < 1.29 is 4.74 Å². The Kier molecular flexibility index (Phi) is 5.44. The second-order valence-corrected chi connectivity index (χ2v) is 4.99. The second kappa shape index (κ2) is 7.33. The molecule has 1 aliphatic rings. The number of benzene rings is 1. The lowest BCUT2D eigenvalue weighted by molar-refractivity contribution is 0.134. The maximum Gasteiger partial charge on any atom is 0.0725 e. The zero-order chi connectivity index (χ0) is 13.5. The molecule has 0 bridgehead atoms. The second-order valence-electron chi connectivity index (χ2n) is 4.99. The summed E-state index contributed by atoms with van der Waals surface area (Å²) in [6.07, 6.45) is 3.18. The van der Waals surface area contributed by atoms with E-state index in [-0.39, 0.29) is 0 Å². The van der Waals surface area contributed by atoms with E-state index in [9.17, 15) is 0 Å². The molecular weight excluding hydrogens is 234 g/mol. The van der Waals surface area contributed by atoms with E-state index in [1.165, 1.54) is 16.7 Å². The van der Waals surface area contributed by atoms with Gasteiger partial charge in [0.2, 0.25) is 0 Å². The van der Waals surface area contributed by atoms with Crippen LogP contribution in [0.3, 0.4) is 0 Å². The van der Waals surface area contributed by atoms with Crippen LogP contribution in [0.25, 0.3) is 0 Å². The topological polar surface area (TPSA) is 21.3 Å². The number of nitrogens with one attached hydrogen (secondary N) is 1. The molecule has 0 spiro atoms. The molecule has 0 aliphatic carbocycles. The van der Waals surface area contributed by atoms with Crippen LogP contribution in [0.1, 0.15) is 55.8 Å². The van der Waals surface area contributed by atoms with Gasteiger partial charge in [0.25, 0.3) is 0 Å². The number of hydrogen-bond acceptors (Lipinski definition) is 2. The average molecular weight is 257 g/mol. The van der Waals surface area contributed by atoms with Crippen LogP contribution in [0, 0.1) is 11.8 Å². The van der Waals surface area contributed by atoms with E-state index in [2.05, 4.69) is 42.3 Å². The van der Waals surface area contributed by atoms with E-state index in [1.54, 1.807) is 0 Å². The van der Waals surface area contributed by atoms with Gasteiger partial charge in [-0.3, -0.25) is 0 Å². The van der Waals surface area contributed by atoms with Crippen molar-refractivity contribution in [3.8, 4) is 11.8 Å². The normalized spacial score (nSPS) is 14.6. The molecule has 102 valence electrons. The van der Waals surface area contributed by atoms with Crippen LogP contribution in [0.5, 0.6) is 0 Å². The molecule has 1 aromatic rings. The molecule has 1 atom stereocenters. The van der Waals surface area contributed by atoms with Gasteiger partial charge in [-0.25, -0.2) is 0 Å². The summed E-state index contributed by atoms with van der Waals surface area (Å²) in [6.45, 7) is 6.69. The number of ether oxygens (including phenoxy) is 1. The van der Waals surface area contributed by atoms with Crippen molar-refractivity contribution in [2.75, 3.05) is 6.54 Å². The molecule has 2 rings (SSSR count). The summed E-state index contributed by atoms with van der Waals surface area (Å²) < 4.78 is 5.49. The van der Waals surface area contributed by atoms with Crippen molar-refractivity contribution in [2.45, 2.75) is 52.4 Å². The fraction of sp³-hybridized carbons (Fsp3) is 0.529. The molecule has 1 heterocycles. The third-order valence-electron chi connectivity index (χ3n) is 3.52. The first-order chi connectivity index (χ1) is 9.35. The minimum atomic E-state index is 0.409. The standard InChI is InChI=1S/C17H23NO/c1-3-5-6-7-17(18-10-4-2)14-8-9-15-12-19-13-16(15)11-14/h8-9,11,17-18H,4,6-7,10,12-13H2,1-2H3. The highest BCUT2D eigenvalue weighted by atomic mass is 16.5. The zero-order valence-electron chi connectivity index (χ0n) is 12.0. The molecule has 0 saturated heterocycles. The van der Waals surface area contributed by atoms with Gasteiger partial charge in [-0.1, -0.05) is 25.1 Å². The number of rotatable bonds is 6. The Morgan fingerprint density at radius 1 is 1.32 bits per heavy atom. The lowest BCUT2D eigenvalue weighted by Gasteiger charge is -2.18. The summed E-state index contributed by atoms with van der Waals surface area (Å²) in [5, 5.41) is 3.63. The first kappa shape index (κ1) is 14.1. The van der Waals surface area contributed by atoms with Gasteiger partial charge in [0.1, 0.15) is 0 Å². The molecule has 2 heteroatoms. The fourth-order valence-corrected chi connectivity index (χ4v) is 2.46. The van der Waals surface area contributed by atoms with E-state index < -0.39 is 0 Å². The first-order valence-electron chi connectivity index (χ1n) is 7.17. The number of hydrogen-bond donors (Lipinski definition) is 1. The molecule has 19 heavy (non-hydrogen) atoms. The summed E-state index contributed by atoms with van der Waals surface area (Å²) in [7, 11) is 0. The molecule has 2 nitrogen and oxygen atoms in total. The minimum absolute atomic E-state index is 0.409. The Morgan fingerprint density at radius 2 is 2.16 bits per heavy atom. The summed E-state index contributed by atoms with van der Waals surface area (Å²) in [4.78, 5) is 0.